The minimum atomic E-state index is -0.992. The Hall–Kier alpha value is -4.40. The lowest BCUT2D eigenvalue weighted by Gasteiger charge is -2.27. The number of likely N-dealkylation sites (N-methyl/N-ethyl adjacent to an activating group) is 1. The normalized spacial score (nSPS) is 13.8. The number of hydrogen-bond acceptors (Lipinski definition) is 6. The van der Waals surface area contributed by atoms with Gasteiger partial charge in [0.2, 0.25) is 5.91 Å². The maximum atomic E-state index is 15.1. The minimum Gasteiger partial charge on any atom is -0.508 e. The predicted molar refractivity (Wildman–Crippen MR) is 148 cm³/mol. The Morgan fingerprint density at radius 3 is 2.72 bits per heavy atom. The van der Waals surface area contributed by atoms with Gasteiger partial charge in [0.05, 0.1) is 5.69 Å². The maximum absolute atomic E-state index is 15.1. The molecule has 0 saturated carbocycles. The van der Waals surface area contributed by atoms with Crippen molar-refractivity contribution in [1.29, 1.82) is 0 Å². The molecule has 0 fully saturated rings. The van der Waals surface area contributed by atoms with Gasteiger partial charge in [0.1, 0.15) is 23.9 Å². The van der Waals surface area contributed by atoms with Crippen molar-refractivity contribution in [2.45, 2.75) is 51.7 Å². The molecule has 204 valence electrons. The van der Waals surface area contributed by atoms with Gasteiger partial charge in [0, 0.05) is 43.4 Å². The molecule has 0 bridgehead atoms. The number of nitrogens with one attached hydrogen (secondary N) is 2. The Labute approximate surface area is 227 Å². The van der Waals surface area contributed by atoms with Gasteiger partial charge in [0.25, 0.3) is 5.91 Å². The van der Waals surface area contributed by atoms with Crippen LogP contribution in [0, 0.1) is 12.7 Å². The summed E-state index contributed by atoms with van der Waals surface area (Å²) in [5.41, 5.74) is 10.4. The van der Waals surface area contributed by atoms with Gasteiger partial charge < -0.3 is 31.2 Å². The molecule has 2 atom stereocenters. The second kappa shape index (κ2) is 11.6. The summed E-state index contributed by atoms with van der Waals surface area (Å²) in [6, 6.07) is 12.0. The zero-order chi connectivity index (χ0) is 28.3. The topological polar surface area (TPSA) is 125 Å². The molecule has 8 nitrogen and oxygen atoms in total. The van der Waals surface area contributed by atoms with Crippen molar-refractivity contribution in [3.8, 4) is 5.75 Å². The third-order valence-corrected chi connectivity index (χ3v) is 7.19. The number of hydrogen-bond donors (Lipinski definition) is 4. The van der Waals surface area contributed by atoms with Crippen LogP contribution in [0.2, 0.25) is 0 Å². The number of rotatable bonds is 10. The molecule has 1 aliphatic heterocycles. The number of halogens is 1. The summed E-state index contributed by atoms with van der Waals surface area (Å²) in [5.74, 6) is -1.09. The molecular weight excluding hydrogens is 499 g/mol. The van der Waals surface area contributed by atoms with Crippen LogP contribution in [-0.4, -0.2) is 35.2 Å². The van der Waals surface area contributed by atoms with Crippen LogP contribution < -0.4 is 16.4 Å². The Kier molecular flexibility index (Phi) is 8.18. The van der Waals surface area contributed by atoms with E-state index in [0.717, 1.165) is 17.4 Å². The van der Waals surface area contributed by atoms with Crippen molar-refractivity contribution in [3.63, 3.8) is 0 Å². The van der Waals surface area contributed by atoms with E-state index in [-0.39, 0.29) is 42.3 Å². The number of fused-ring (bicyclic) bond motifs is 1. The monoisotopic (exact) mass is 532 g/mol. The summed E-state index contributed by atoms with van der Waals surface area (Å²) in [6.07, 6.45) is 2.06. The molecule has 3 aromatic carbocycles. The van der Waals surface area contributed by atoms with E-state index in [1.165, 1.54) is 23.1 Å². The number of phenols is 1. The number of nitrogens with zero attached hydrogens (tertiary/aromatic N) is 1. The summed E-state index contributed by atoms with van der Waals surface area (Å²) in [4.78, 5) is 38.3. The van der Waals surface area contributed by atoms with E-state index in [4.69, 9.17) is 5.73 Å². The van der Waals surface area contributed by atoms with Gasteiger partial charge in [-0.1, -0.05) is 25.1 Å². The maximum Gasteiger partial charge on any atom is 0.251 e. The molecule has 0 spiro atoms. The fraction of sp³-hybridized carbons (Fsp3) is 0.300. The molecule has 9 heteroatoms. The molecule has 0 saturated heterocycles. The molecule has 1 aliphatic rings. The van der Waals surface area contributed by atoms with E-state index in [1.54, 1.807) is 19.2 Å². The van der Waals surface area contributed by atoms with Crippen LogP contribution in [0.25, 0.3) is 0 Å². The number of aldehydes is 1. The van der Waals surface area contributed by atoms with Gasteiger partial charge in [-0.3, -0.25) is 9.59 Å². The van der Waals surface area contributed by atoms with E-state index in [2.05, 4.69) is 10.6 Å². The molecule has 2 amide bonds. The summed E-state index contributed by atoms with van der Waals surface area (Å²) in [5, 5.41) is 16.0. The predicted octanol–water partition coefficient (Wildman–Crippen LogP) is 4.56. The van der Waals surface area contributed by atoms with Gasteiger partial charge in [-0.25, -0.2) is 4.39 Å². The molecule has 0 aromatic heterocycles. The fourth-order valence-electron chi connectivity index (χ4n) is 4.99. The zero-order valence-corrected chi connectivity index (χ0v) is 22.3. The first-order chi connectivity index (χ1) is 18.6. The number of carbonyl (C=O) groups is 3. The largest absolute Gasteiger partial charge is 0.508 e. The molecule has 0 radical (unpaired) electrons. The first-order valence-corrected chi connectivity index (χ1v) is 12.8. The van der Waals surface area contributed by atoms with Crippen LogP contribution in [-0.2, 0) is 22.7 Å². The highest BCUT2D eigenvalue weighted by Crippen LogP contribution is 2.32. The van der Waals surface area contributed by atoms with Crippen LogP contribution in [0.1, 0.15) is 69.9 Å². The molecule has 1 heterocycles. The average Bonchev–Trinajstić information content (AvgIpc) is 3.26. The number of carbonyl (C=O) groups excluding carboxylic acids is 3. The van der Waals surface area contributed by atoms with Crippen molar-refractivity contribution in [3.05, 3.63) is 87.7 Å². The number of aromatic hydroxyl groups is 1. The molecule has 3 aromatic rings. The fourth-order valence-corrected chi connectivity index (χ4v) is 4.99. The van der Waals surface area contributed by atoms with E-state index in [9.17, 15) is 19.5 Å². The van der Waals surface area contributed by atoms with Crippen LogP contribution in [0.15, 0.2) is 48.5 Å². The van der Waals surface area contributed by atoms with Crippen molar-refractivity contribution in [1.82, 2.24) is 10.2 Å². The summed E-state index contributed by atoms with van der Waals surface area (Å²) < 4.78 is 15.1. The van der Waals surface area contributed by atoms with Crippen LogP contribution in [0.5, 0.6) is 5.75 Å². The zero-order valence-electron chi connectivity index (χ0n) is 22.3. The van der Waals surface area contributed by atoms with Gasteiger partial charge in [-0.05, 0) is 71.8 Å². The molecule has 0 aliphatic carbocycles. The van der Waals surface area contributed by atoms with E-state index in [0.29, 0.717) is 40.8 Å². The number of phenolic OH excluding ortho intramolecular Hbond substituents is 1. The lowest BCUT2D eigenvalue weighted by atomic mass is 9.90. The lowest BCUT2D eigenvalue weighted by molar-refractivity contribution is -0.131. The van der Waals surface area contributed by atoms with Crippen molar-refractivity contribution >= 4 is 29.5 Å². The highest BCUT2D eigenvalue weighted by atomic mass is 19.1. The third-order valence-electron chi connectivity index (χ3n) is 7.19. The van der Waals surface area contributed by atoms with Crippen molar-refractivity contribution in [2.24, 2.45) is 0 Å². The van der Waals surface area contributed by atoms with E-state index >= 15 is 4.39 Å². The second-order valence-electron chi connectivity index (χ2n) is 10.1. The van der Waals surface area contributed by atoms with Crippen LogP contribution in [0.3, 0.4) is 0 Å². The molecule has 39 heavy (non-hydrogen) atoms. The molecule has 1 unspecified atom stereocenters. The first-order valence-electron chi connectivity index (χ1n) is 12.8. The van der Waals surface area contributed by atoms with Crippen molar-refractivity contribution in [2.75, 3.05) is 18.1 Å². The van der Waals surface area contributed by atoms with Crippen LogP contribution in [0.4, 0.5) is 15.8 Å². The Morgan fingerprint density at radius 2 is 2.00 bits per heavy atom. The van der Waals surface area contributed by atoms with Crippen LogP contribution >= 0.6 is 0 Å². The lowest BCUT2D eigenvalue weighted by Crippen LogP contribution is -2.35. The number of amides is 2. The number of anilines is 2. The molecule has 5 N–H and O–H groups in total. The quantitative estimate of drug-likeness (QED) is 0.172. The third kappa shape index (κ3) is 6.03. The van der Waals surface area contributed by atoms with Gasteiger partial charge in [-0.15, -0.1) is 0 Å². The average molecular weight is 533 g/mol. The van der Waals surface area contributed by atoms with Crippen molar-refractivity contribution < 1.29 is 23.9 Å². The Balaban J connectivity index is 1.69. The van der Waals surface area contributed by atoms with Gasteiger partial charge in [-0.2, -0.15) is 0 Å². The Morgan fingerprint density at radius 1 is 1.23 bits per heavy atom. The highest BCUT2D eigenvalue weighted by Gasteiger charge is 2.28. The number of nitrogens with two attached hydrogens (primary N) is 1. The first kappa shape index (κ1) is 27.6. The summed E-state index contributed by atoms with van der Waals surface area (Å²) in [6.45, 7) is 4.31. The second-order valence-corrected chi connectivity index (χ2v) is 10.1. The number of nitrogen functional groups attached to an aromatic ring is 1. The number of aryl methyl sites for hydroxylation is 1. The molecule has 4 rings (SSSR count). The van der Waals surface area contributed by atoms with E-state index < -0.39 is 11.9 Å². The molecular formula is C30H33FN4O4. The minimum absolute atomic E-state index is 0.00791. The SMILES string of the molecule is Cc1cc(C(Nc2cc3c(cc2F)CNC3=O)C(=O)N(C)Cc2cc(N)ccc2O)ccc1[C@@H](C)CCC=O. The van der Waals surface area contributed by atoms with E-state index in [1.807, 2.05) is 32.0 Å². The highest BCUT2D eigenvalue weighted by molar-refractivity contribution is 5.99. The smallest absolute Gasteiger partial charge is 0.251 e. The van der Waals surface area contributed by atoms with Gasteiger partial charge >= 0.3 is 0 Å². The number of benzene rings is 3. The summed E-state index contributed by atoms with van der Waals surface area (Å²) >= 11 is 0. The Bertz CT molecular complexity index is 1420. The van der Waals surface area contributed by atoms with Gasteiger partial charge in [0.15, 0.2) is 0 Å². The standard InChI is InChI=1S/C30H33FN4O4/c1-17(5-4-10-36)23-8-6-19(11-18(23)2)28(30(39)35(3)16-21-12-22(32)7-9-27(21)37)34-26-14-24-20(13-25(26)31)15-33-29(24)38/h6-14,17,28,34,37H,4-5,15-16,32H2,1-3H3,(H,33,38)/t17-,28?/m0/s1. The summed E-state index contributed by atoms with van der Waals surface area (Å²) in [7, 11) is 1.59.